The summed E-state index contributed by atoms with van der Waals surface area (Å²) in [6, 6.07) is 14.1. The molecule has 2 heterocycles. The molecule has 2 N–H and O–H groups in total. The van der Waals surface area contributed by atoms with E-state index in [1.54, 1.807) is 0 Å². The molecule has 5 heteroatoms. The minimum Gasteiger partial charge on any atom is -0.361 e. The molecule has 1 unspecified atom stereocenters. The molecule has 28 heavy (non-hydrogen) atoms. The number of carbonyl (C=O) groups is 2. The number of fused-ring (bicyclic) bond motifs is 1. The van der Waals surface area contributed by atoms with Crippen LogP contribution in [-0.4, -0.2) is 34.8 Å². The number of nitrogens with zero attached hydrogens (tertiary/aromatic N) is 1. The van der Waals surface area contributed by atoms with E-state index in [9.17, 15) is 9.59 Å². The second kappa shape index (κ2) is 7.50. The van der Waals surface area contributed by atoms with Gasteiger partial charge in [-0.25, -0.2) is 0 Å². The molecule has 0 radical (unpaired) electrons. The number of hydrogen-bond donors (Lipinski definition) is 2. The first kappa shape index (κ1) is 18.3. The van der Waals surface area contributed by atoms with Gasteiger partial charge in [0.15, 0.2) is 0 Å². The van der Waals surface area contributed by atoms with Crippen LogP contribution >= 0.6 is 0 Å². The minimum absolute atomic E-state index is 0.0559. The summed E-state index contributed by atoms with van der Waals surface area (Å²) in [6.07, 6.45) is 3.08. The Bertz CT molecular complexity index is 1040. The summed E-state index contributed by atoms with van der Waals surface area (Å²) in [4.78, 5) is 30.1. The number of aromatic nitrogens is 1. The maximum absolute atomic E-state index is 12.6. The fourth-order valence-electron chi connectivity index (χ4n) is 3.89. The molecule has 2 amide bonds. The van der Waals surface area contributed by atoms with E-state index in [2.05, 4.69) is 35.4 Å². The Morgan fingerprint density at radius 2 is 2.00 bits per heavy atom. The molecule has 0 spiro atoms. The van der Waals surface area contributed by atoms with E-state index in [1.165, 1.54) is 16.5 Å². The number of rotatable bonds is 5. The predicted octanol–water partition coefficient (Wildman–Crippen LogP) is 3.81. The SMILES string of the molecule is Cc1cccc(NC(=O)C2CC(=O)N(CCc3c[nH]c4ccc(C)cc34)C2)c1. The predicted molar refractivity (Wildman–Crippen MR) is 111 cm³/mol. The highest BCUT2D eigenvalue weighted by atomic mass is 16.2. The van der Waals surface area contributed by atoms with Gasteiger partial charge in [0.05, 0.1) is 5.92 Å². The van der Waals surface area contributed by atoms with Crippen molar-refractivity contribution >= 4 is 28.4 Å². The number of benzene rings is 2. The van der Waals surface area contributed by atoms with Gasteiger partial charge >= 0.3 is 0 Å². The number of H-pyrrole nitrogens is 1. The van der Waals surface area contributed by atoms with Gasteiger partial charge < -0.3 is 15.2 Å². The zero-order chi connectivity index (χ0) is 19.7. The van der Waals surface area contributed by atoms with Crippen molar-refractivity contribution in [2.75, 3.05) is 18.4 Å². The van der Waals surface area contributed by atoms with Crippen LogP contribution in [0.5, 0.6) is 0 Å². The van der Waals surface area contributed by atoms with Crippen molar-refractivity contribution in [1.82, 2.24) is 9.88 Å². The molecule has 1 atom stereocenters. The summed E-state index contributed by atoms with van der Waals surface area (Å²) in [5.41, 5.74) is 5.42. The van der Waals surface area contributed by atoms with Crippen LogP contribution in [0, 0.1) is 19.8 Å². The van der Waals surface area contributed by atoms with E-state index >= 15 is 0 Å². The van der Waals surface area contributed by atoms with E-state index in [4.69, 9.17) is 0 Å². The molecule has 0 bridgehead atoms. The Morgan fingerprint density at radius 1 is 1.18 bits per heavy atom. The van der Waals surface area contributed by atoms with Crippen LogP contribution in [0.25, 0.3) is 10.9 Å². The number of anilines is 1. The minimum atomic E-state index is -0.293. The molecule has 0 aliphatic carbocycles. The van der Waals surface area contributed by atoms with Crippen LogP contribution in [0.2, 0.25) is 0 Å². The molecular formula is C23H25N3O2. The number of hydrogen-bond acceptors (Lipinski definition) is 2. The third kappa shape index (κ3) is 3.79. The van der Waals surface area contributed by atoms with E-state index < -0.39 is 0 Å². The van der Waals surface area contributed by atoms with Gasteiger partial charge in [-0.05, 0) is 55.7 Å². The van der Waals surface area contributed by atoms with Gasteiger partial charge in [0.1, 0.15) is 0 Å². The van der Waals surface area contributed by atoms with Crippen LogP contribution in [-0.2, 0) is 16.0 Å². The van der Waals surface area contributed by atoms with Crippen LogP contribution in [0.3, 0.4) is 0 Å². The molecule has 5 nitrogen and oxygen atoms in total. The van der Waals surface area contributed by atoms with Gasteiger partial charge in [-0.2, -0.15) is 0 Å². The third-order valence-electron chi connectivity index (χ3n) is 5.44. The van der Waals surface area contributed by atoms with Crippen molar-refractivity contribution in [2.24, 2.45) is 5.92 Å². The highest BCUT2D eigenvalue weighted by molar-refractivity contribution is 5.97. The Hall–Kier alpha value is -3.08. The van der Waals surface area contributed by atoms with Crippen molar-refractivity contribution in [3.8, 4) is 0 Å². The van der Waals surface area contributed by atoms with Crippen molar-refractivity contribution in [1.29, 1.82) is 0 Å². The fraction of sp³-hybridized carbons (Fsp3) is 0.304. The lowest BCUT2D eigenvalue weighted by molar-refractivity contribution is -0.128. The van der Waals surface area contributed by atoms with E-state index in [-0.39, 0.29) is 24.2 Å². The standard InChI is InChI=1S/C23H25N3O2/c1-15-4-3-5-19(10-15)25-23(28)18-12-22(27)26(14-18)9-8-17-13-24-21-7-6-16(2)11-20(17)21/h3-7,10-11,13,18,24H,8-9,12,14H2,1-2H3,(H,25,28). The normalized spacial score (nSPS) is 16.7. The smallest absolute Gasteiger partial charge is 0.229 e. The third-order valence-corrected chi connectivity index (χ3v) is 5.44. The molecule has 1 aromatic heterocycles. The van der Waals surface area contributed by atoms with Gasteiger partial charge in [0.2, 0.25) is 11.8 Å². The molecule has 1 aliphatic heterocycles. The number of carbonyl (C=O) groups excluding carboxylic acids is 2. The Morgan fingerprint density at radius 3 is 2.82 bits per heavy atom. The van der Waals surface area contributed by atoms with E-state index in [1.807, 2.05) is 42.3 Å². The topological polar surface area (TPSA) is 65.2 Å². The van der Waals surface area contributed by atoms with Crippen molar-refractivity contribution in [2.45, 2.75) is 26.7 Å². The summed E-state index contributed by atoms with van der Waals surface area (Å²) in [7, 11) is 0. The average Bonchev–Trinajstić information content (AvgIpc) is 3.23. The van der Waals surface area contributed by atoms with Crippen molar-refractivity contribution in [3.05, 3.63) is 65.4 Å². The van der Waals surface area contributed by atoms with Crippen molar-refractivity contribution < 1.29 is 9.59 Å². The Labute approximate surface area is 164 Å². The number of nitrogens with one attached hydrogen (secondary N) is 2. The van der Waals surface area contributed by atoms with Crippen LogP contribution in [0.4, 0.5) is 5.69 Å². The first-order valence-electron chi connectivity index (χ1n) is 9.71. The molecule has 1 fully saturated rings. The number of aromatic amines is 1. The molecule has 144 valence electrons. The summed E-state index contributed by atoms with van der Waals surface area (Å²) in [5.74, 6) is -0.317. The molecule has 2 aromatic carbocycles. The van der Waals surface area contributed by atoms with Crippen LogP contribution < -0.4 is 5.32 Å². The summed E-state index contributed by atoms with van der Waals surface area (Å²) < 4.78 is 0. The lowest BCUT2D eigenvalue weighted by atomic mass is 10.1. The average molecular weight is 375 g/mol. The molecule has 3 aromatic rings. The van der Waals surface area contributed by atoms with Gasteiger partial charge in [0.25, 0.3) is 0 Å². The lowest BCUT2D eigenvalue weighted by Gasteiger charge is -2.16. The van der Waals surface area contributed by atoms with E-state index in [0.717, 1.165) is 23.2 Å². The van der Waals surface area contributed by atoms with E-state index in [0.29, 0.717) is 13.1 Å². The van der Waals surface area contributed by atoms with Gasteiger partial charge in [-0.3, -0.25) is 9.59 Å². The van der Waals surface area contributed by atoms with Crippen LogP contribution in [0.15, 0.2) is 48.7 Å². The zero-order valence-electron chi connectivity index (χ0n) is 16.3. The fourth-order valence-corrected chi connectivity index (χ4v) is 3.89. The van der Waals surface area contributed by atoms with Gasteiger partial charge in [-0.15, -0.1) is 0 Å². The summed E-state index contributed by atoms with van der Waals surface area (Å²) >= 11 is 0. The second-order valence-corrected chi connectivity index (χ2v) is 7.71. The molecule has 1 aliphatic rings. The van der Waals surface area contributed by atoms with Crippen molar-refractivity contribution in [3.63, 3.8) is 0 Å². The maximum atomic E-state index is 12.6. The number of amides is 2. The number of likely N-dealkylation sites (tertiary alicyclic amines) is 1. The highest BCUT2D eigenvalue weighted by Crippen LogP contribution is 2.23. The Kier molecular flexibility index (Phi) is 4.90. The van der Waals surface area contributed by atoms with Gasteiger partial charge in [-0.1, -0.05) is 23.8 Å². The largest absolute Gasteiger partial charge is 0.361 e. The molecule has 4 rings (SSSR count). The quantitative estimate of drug-likeness (QED) is 0.712. The number of aryl methyl sites for hydroxylation is 2. The Balaban J connectivity index is 1.38. The first-order valence-corrected chi connectivity index (χ1v) is 9.71. The highest BCUT2D eigenvalue weighted by Gasteiger charge is 2.34. The monoisotopic (exact) mass is 375 g/mol. The lowest BCUT2D eigenvalue weighted by Crippen LogP contribution is -2.30. The van der Waals surface area contributed by atoms with Crippen LogP contribution in [0.1, 0.15) is 23.1 Å². The summed E-state index contributed by atoms with van der Waals surface area (Å²) in [5, 5.41) is 4.15. The molecular weight excluding hydrogens is 350 g/mol. The maximum Gasteiger partial charge on any atom is 0.229 e. The first-order chi connectivity index (χ1) is 13.5. The molecule has 0 saturated carbocycles. The summed E-state index contributed by atoms with van der Waals surface area (Å²) in [6.45, 7) is 5.19. The molecule has 1 saturated heterocycles. The second-order valence-electron chi connectivity index (χ2n) is 7.71. The van der Waals surface area contributed by atoms with Gasteiger partial charge in [0, 0.05) is 42.3 Å². The zero-order valence-corrected chi connectivity index (χ0v) is 16.3.